The minimum atomic E-state index is 0.0458. The van der Waals surface area contributed by atoms with Gasteiger partial charge in [0.1, 0.15) is 11.1 Å². The average Bonchev–Trinajstić information content (AvgIpc) is 3.23. The molecule has 0 unspecified atom stereocenters. The maximum atomic E-state index is 5.56. The minimum absolute atomic E-state index is 0.0458. The summed E-state index contributed by atoms with van der Waals surface area (Å²) < 4.78 is 5.56. The predicted molar refractivity (Wildman–Crippen MR) is 91.3 cm³/mol. The van der Waals surface area contributed by atoms with E-state index in [9.17, 15) is 0 Å². The number of aromatic nitrogens is 5. The van der Waals surface area contributed by atoms with Gasteiger partial charge in [-0.3, -0.25) is 10.1 Å². The summed E-state index contributed by atoms with van der Waals surface area (Å²) in [5.41, 5.74) is 1.95. The Morgan fingerprint density at radius 1 is 1.39 bits per heavy atom. The van der Waals surface area contributed by atoms with E-state index in [1.807, 2.05) is 26.0 Å². The Morgan fingerprint density at radius 3 is 3.09 bits per heavy atom. The first-order valence-electron chi connectivity index (χ1n) is 7.27. The summed E-state index contributed by atoms with van der Waals surface area (Å²) in [4.78, 5) is 13.2. The third kappa shape index (κ3) is 4.15. The van der Waals surface area contributed by atoms with Crippen LogP contribution in [0.25, 0.3) is 11.4 Å². The summed E-state index contributed by atoms with van der Waals surface area (Å²) in [5, 5.41) is 10.9. The zero-order valence-corrected chi connectivity index (χ0v) is 14.5. The van der Waals surface area contributed by atoms with Crippen LogP contribution in [0.2, 0.25) is 0 Å². The molecule has 1 N–H and O–H groups in total. The van der Waals surface area contributed by atoms with Crippen LogP contribution in [0.3, 0.4) is 0 Å². The first-order chi connectivity index (χ1) is 11.3. The second-order valence-corrected chi connectivity index (χ2v) is 6.60. The number of thioether (sulfide) groups is 1. The van der Waals surface area contributed by atoms with Crippen LogP contribution >= 0.6 is 23.1 Å². The largest absolute Gasteiger partial charge is 0.372 e. The number of nitrogens with zero attached hydrogens (tertiary/aromatic N) is 4. The lowest BCUT2D eigenvalue weighted by Gasteiger charge is -2.06. The van der Waals surface area contributed by atoms with Gasteiger partial charge in [0.2, 0.25) is 5.16 Å². The van der Waals surface area contributed by atoms with Crippen molar-refractivity contribution in [2.45, 2.75) is 30.9 Å². The molecule has 3 aromatic heterocycles. The topological polar surface area (TPSA) is 76.6 Å². The van der Waals surface area contributed by atoms with Crippen LogP contribution in [0.4, 0.5) is 0 Å². The summed E-state index contributed by atoms with van der Waals surface area (Å²) in [7, 11) is 0. The number of hydrogen-bond donors (Lipinski definition) is 1. The van der Waals surface area contributed by atoms with E-state index in [4.69, 9.17) is 4.74 Å². The fraction of sp³-hybridized carbons (Fsp3) is 0.333. The fourth-order valence-electron chi connectivity index (χ4n) is 1.98. The predicted octanol–water partition coefficient (Wildman–Crippen LogP) is 3.71. The van der Waals surface area contributed by atoms with Crippen molar-refractivity contribution < 1.29 is 4.74 Å². The zero-order valence-electron chi connectivity index (χ0n) is 12.9. The molecule has 0 aliphatic heterocycles. The number of ether oxygens (including phenoxy) is 1. The highest BCUT2D eigenvalue weighted by Gasteiger charge is 2.12. The third-order valence-electron chi connectivity index (χ3n) is 3.08. The maximum Gasteiger partial charge on any atom is 0.209 e. The molecular weight excluding hydrogens is 330 g/mol. The van der Waals surface area contributed by atoms with Gasteiger partial charge in [0, 0.05) is 35.7 Å². The van der Waals surface area contributed by atoms with E-state index in [0.717, 1.165) is 27.8 Å². The summed E-state index contributed by atoms with van der Waals surface area (Å²) >= 11 is 3.19. The molecule has 0 saturated carbocycles. The molecule has 0 bridgehead atoms. The normalized spacial score (nSPS) is 12.4. The van der Waals surface area contributed by atoms with Crippen LogP contribution in [0.1, 0.15) is 30.7 Å². The van der Waals surface area contributed by atoms with Gasteiger partial charge >= 0.3 is 0 Å². The standard InChI is InChI=1S/C15H17N5OS2/c1-3-21-10(2)14-17-12(8-22-14)9-23-15-18-13(19-20-15)11-5-4-6-16-7-11/h4-8,10H,3,9H2,1-2H3,(H,18,19,20)/t10-/m0/s1. The lowest BCUT2D eigenvalue weighted by Crippen LogP contribution is -1.98. The van der Waals surface area contributed by atoms with Gasteiger partial charge in [-0.1, -0.05) is 11.8 Å². The van der Waals surface area contributed by atoms with Gasteiger partial charge in [0.05, 0.1) is 5.69 Å². The molecule has 0 aliphatic carbocycles. The van der Waals surface area contributed by atoms with E-state index in [-0.39, 0.29) is 6.10 Å². The molecule has 3 aromatic rings. The smallest absolute Gasteiger partial charge is 0.209 e. The number of H-pyrrole nitrogens is 1. The molecule has 0 saturated heterocycles. The monoisotopic (exact) mass is 347 g/mol. The highest BCUT2D eigenvalue weighted by Crippen LogP contribution is 2.26. The van der Waals surface area contributed by atoms with Crippen molar-refractivity contribution in [1.82, 2.24) is 25.1 Å². The van der Waals surface area contributed by atoms with Gasteiger partial charge < -0.3 is 4.74 Å². The summed E-state index contributed by atoms with van der Waals surface area (Å²) in [6.07, 6.45) is 3.54. The number of pyridine rings is 1. The summed E-state index contributed by atoms with van der Waals surface area (Å²) in [5.74, 6) is 1.46. The van der Waals surface area contributed by atoms with Gasteiger partial charge in [-0.15, -0.1) is 16.4 Å². The van der Waals surface area contributed by atoms with Crippen LogP contribution in [-0.2, 0) is 10.5 Å². The van der Waals surface area contributed by atoms with Crippen molar-refractivity contribution in [3.63, 3.8) is 0 Å². The molecule has 3 rings (SSSR count). The first-order valence-corrected chi connectivity index (χ1v) is 9.14. The number of thiazole rings is 1. The Bertz CT molecular complexity index is 743. The number of rotatable bonds is 7. The van der Waals surface area contributed by atoms with Crippen LogP contribution in [0.15, 0.2) is 35.1 Å². The molecule has 0 fully saturated rings. The van der Waals surface area contributed by atoms with Crippen LogP contribution < -0.4 is 0 Å². The highest BCUT2D eigenvalue weighted by atomic mass is 32.2. The van der Waals surface area contributed by atoms with Gasteiger partial charge in [-0.05, 0) is 26.0 Å². The molecule has 8 heteroatoms. The van der Waals surface area contributed by atoms with Crippen molar-refractivity contribution in [3.8, 4) is 11.4 Å². The summed E-state index contributed by atoms with van der Waals surface area (Å²) in [6, 6.07) is 3.82. The van der Waals surface area contributed by atoms with Crippen LogP contribution in [0.5, 0.6) is 0 Å². The van der Waals surface area contributed by atoms with Crippen LogP contribution in [-0.4, -0.2) is 31.8 Å². The molecule has 1 atom stereocenters. The van der Waals surface area contributed by atoms with Crippen molar-refractivity contribution in [2.75, 3.05) is 6.61 Å². The van der Waals surface area contributed by atoms with Crippen molar-refractivity contribution in [2.24, 2.45) is 0 Å². The second kappa shape index (κ2) is 7.67. The van der Waals surface area contributed by atoms with E-state index in [1.165, 1.54) is 0 Å². The van der Waals surface area contributed by atoms with E-state index >= 15 is 0 Å². The molecule has 120 valence electrons. The second-order valence-electron chi connectivity index (χ2n) is 4.77. The Labute approximate surface area is 142 Å². The van der Waals surface area contributed by atoms with E-state index in [0.29, 0.717) is 11.8 Å². The molecule has 0 aromatic carbocycles. The van der Waals surface area contributed by atoms with Crippen LogP contribution in [0, 0.1) is 0 Å². The average molecular weight is 347 g/mol. The summed E-state index contributed by atoms with van der Waals surface area (Å²) in [6.45, 7) is 4.71. The molecule has 23 heavy (non-hydrogen) atoms. The maximum absolute atomic E-state index is 5.56. The quantitative estimate of drug-likeness (QED) is 0.657. The lowest BCUT2D eigenvalue weighted by atomic mass is 10.3. The highest BCUT2D eigenvalue weighted by molar-refractivity contribution is 7.98. The number of nitrogens with one attached hydrogen (secondary N) is 1. The Morgan fingerprint density at radius 2 is 2.30 bits per heavy atom. The Hall–Kier alpha value is -1.77. The van der Waals surface area contributed by atoms with Crippen molar-refractivity contribution >= 4 is 23.1 Å². The van der Waals surface area contributed by atoms with E-state index in [1.54, 1.807) is 35.5 Å². The molecular formula is C15H17N5OS2. The fourth-order valence-corrected chi connectivity index (χ4v) is 3.60. The van der Waals surface area contributed by atoms with Gasteiger partial charge in [0.15, 0.2) is 5.82 Å². The lowest BCUT2D eigenvalue weighted by molar-refractivity contribution is 0.0761. The molecule has 0 amide bonds. The molecule has 0 aliphatic rings. The number of aromatic amines is 1. The zero-order chi connectivity index (χ0) is 16.1. The van der Waals surface area contributed by atoms with E-state index < -0.39 is 0 Å². The Kier molecular flexibility index (Phi) is 5.37. The molecule has 6 nitrogen and oxygen atoms in total. The molecule has 3 heterocycles. The van der Waals surface area contributed by atoms with Crippen molar-refractivity contribution in [3.05, 3.63) is 40.6 Å². The number of hydrogen-bond acceptors (Lipinski definition) is 7. The third-order valence-corrected chi connectivity index (χ3v) is 5.02. The van der Waals surface area contributed by atoms with Gasteiger partial charge in [0.25, 0.3) is 0 Å². The minimum Gasteiger partial charge on any atom is -0.372 e. The van der Waals surface area contributed by atoms with E-state index in [2.05, 4.69) is 30.5 Å². The van der Waals surface area contributed by atoms with Gasteiger partial charge in [-0.25, -0.2) is 9.97 Å². The van der Waals surface area contributed by atoms with Gasteiger partial charge in [-0.2, -0.15) is 0 Å². The molecule has 0 spiro atoms. The SMILES string of the molecule is CCO[C@@H](C)c1nc(CSc2n[nH]c(-c3cccnc3)n2)cs1. The van der Waals surface area contributed by atoms with Crippen molar-refractivity contribution in [1.29, 1.82) is 0 Å². The molecule has 0 radical (unpaired) electrons. The first kappa shape index (κ1) is 16.1. The Balaban J connectivity index is 1.60.